The van der Waals surface area contributed by atoms with E-state index >= 15 is 0 Å². The molecule has 0 saturated carbocycles. The molecule has 0 radical (unpaired) electrons. The largest absolute Gasteiger partial charge is 0.316 e. The highest BCUT2D eigenvalue weighted by Crippen LogP contribution is 2.11. The van der Waals surface area contributed by atoms with E-state index in [1.165, 1.54) is 44.5 Å². The van der Waals surface area contributed by atoms with Crippen molar-refractivity contribution >= 4 is 11.8 Å². The van der Waals surface area contributed by atoms with Crippen molar-refractivity contribution in [3.8, 4) is 0 Å². The van der Waals surface area contributed by atoms with E-state index in [4.69, 9.17) is 0 Å². The third-order valence-corrected chi connectivity index (χ3v) is 3.30. The first-order valence-corrected chi connectivity index (χ1v) is 6.68. The Morgan fingerprint density at radius 1 is 1.15 bits per heavy atom. The topological polar surface area (TPSA) is 12.0 Å². The van der Waals surface area contributed by atoms with Crippen LogP contribution in [0.4, 0.5) is 0 Å². The number of thioether (sulfide) groups is 1. The molecule has 13 heavy (non-hydrogen) atoms. The first-order valence-electron chi connectivity index (χ1n) is 5.63. The fourth-order valence-corrected chi connectivity index (χ4v) is 2.19. The van der Waals surface area contributed by atoms with Crippen LogP contribution in [0.2, 0.25) is 0 Å². The SMILES string of the molecule is CCCCNCC(C)SCCCC. The van der Waals surface area contributed by atoms with Crippen LogP contribution in [0.25, 0.3) is 0 Å². The molecule has 1 unspecified atom stereocenters. The highest BCUT2D eigenvalue weighted by Gasteiger charge is 2.00. The van der Waals surface area contributed by atoms with Crippen LogP contribution in [0.5, 0.6) is 0 Å². The van der Waals surface area contributed by atoms with Crippen LogP contribution in [-0.2, 0) is 0 Å². The van der Waals surface area contributed by atoms with Crippen molar-refractivity contribution < 1.29 is 0 Å². The van der Waals surface area contributed by atoms with Crippen LogP contribution < -0.4 is 5.32 Å². The van der Waals surface area contributed by atoms with E-state index in [1.807, 2.05) is 0 Å². The van der Waals surface area contributed by atoms with Gasteiger partial charge >= 0.3 is 0 Å². The van der Waals surface area contributed by atoms with Crippen molar-refractivity contribution in [2.24, 2.45) is 0 Å². The zero-order chi connectivity index (χ0) is 9.94. The molecule has 0 fully saturated rings. The van der Waals surface area contributed by atoms with Crippen molar-refractivity contribution in [3.05, 3.63) is 0 Å². The summed E-state index contributed by atoms with van der Waals surface area (Å²) in [6.45, 7) is 9.18. The fraction of sp³-hybridized carbons (Fsp3) is 1.00. The first kappa shape index (κ1) is 13.3. The van der Waals surface area contributed by atoms with Crippen molar-refractivity contribution in [3.63, 3.8) is 0 Å². The second kappa shape index (κ2) is 10.4. The minimum absolute atomic E-state index is 0.781. The van der Waals surface area contributed by atoms with Crippen LogP contribution in [-0.4, -0.2) is 24.1 Å². The van der Waals surface area contributed by atoms with Gasteiger partial charge in [-0.2, -0.15) is 11.8 Å². The van der Waals surface area contributed by atoms with E-state index in [9.17, 15) is 0 Å². The third-order valence-electron chi connectivity index (χ3n) is 2.04. The summed E-state index contributed by atoms with van der Waals surface area (Å²) in [6, 6.07) is 0. The third kappa shape index (κ3) is 10.2. The van der Waals surface area contributed by atoms with E-state index in [2.05, 4.69) is 37.8 Å². The molecular weight excluding hydrogens is 178 g/mol. The summed E-state index contributed by atoms with van der Waals surface area (Å²) in [6.07, 6.45) is 5.30. The Morgan fingerprint density at radius 3 is 2.46 bits per heavy atom. The van der Waals surface area contributed by atoms with Gasteiger partial charge in [0, 0.05) is 11.8 Å². The van der Waals surface area contributed by atoms with Crippen LogP contribution in [0.1, 0.15) is 46.5 Å². The quantitative estimate of drug-likeness (QED) is 0.577. The number of hydrogen-bond acceptors (Lipinski definition) is 2. The Hall–Kier alpha value is 0.310. The maximum absolute atomic E-state index is 3.49. The standard InChI is InChI=1S/C11H25NS/c1-4-6-8-12-10-11(3)13-9-7-5-2/h11-12H,4-10H2,1-3H3. The van der Waals surface area contributed by atoms with E-state index in [1.54, 1.807) is 0 Å². The molecule has 0 amide bonds. The van der Waals surface area contributed by atoms with Gasteiger partial charge in [0.15, 0.2) is 0 Å². The lowest BCUT2D eigenvalue weighted by molar-refractivity contribution is 0.638. The van der Waals surface area contributed by atoms with Gasteiger partial charge in [-0.05, 0) is 25.1 Å². The summed E-state index contributed by atoms with van der Waals surface area (Å²) >= 11 is 2.10. The second-order valence-corrected chi connectivity index (χ2v) is 5.14. The predicted octanol–water partition coefficient (Wildman–Crippen LogP) is 3.30. The molecule has 0 aromatic heterocycles. The van der Waals surface area contributed by atoms with E-state index < -0.39 is 0 Å². The summed E-state index contributed by atoms with van der Waals surface area (Å²) in [5.41, 5.74) is 0. The zero-order valence-electron chi connectivity index (χ0n) is 9.44. The molecule has 0 aromatic carbocycles. The van der Waals surface area contributed by atoms with Crippen LogP contribution in [0.15, 0.2) is 0 Å². The minimum atomic E-state index is 0.781. The van der Waals surface area contributed by atoms with Crippen molar-refractivity contribution in [2.45, 2.75) is 51.7 Å². The summed E-state index contributed by atoms with van der Waals surface area (Å²) in [7, 11) is 0. The van der Waals surface area contributed by atoms with Gasteiger partial charge in [-0.3, -0.25) is 0 Å². The monoisotopic (exact) mass is 203 g/mol. The van der Waals surface area contributed by atoms with E-state index in [0.717, 1.165) is 5.25 Å². The van der Waals surface area contributed by atoms with Crippen LogP contribution in [0.3, 0.4) is 0 Å². The predicted molar refractivity (Wildman–Crippen MR) is 64.6 cm³/mol. The molecule has 1 N–H and O–H groups in total. The molecule has 0 aliphatic carbocycles. The van der Waals surface area contributed by atoms with Gasteiger partial charge in [0.25, 0.3) is 0 Å². The lowest BCUT2D eigenvalue weighted by Crippen LogP contribution is -2.23. The van der Waals surface area contributed by atoms with Gasteiger partial charge in [0.05, 0.1) is 0 Å². The van der Waals surface area contributed by atoms with Gasteiger partial charge in [-0.15, -0.1) is 0 Å². The average Bonchev–Trinajstić information content (AvgIpc) is 2.13. The number of unbranched alkanes of at least 4 members (excludes halogenated alkanes) is 2. The molecule has 0 bridgehead atoms. The molecule has 1 atom stereocenters. The van der Waals surface area contributed by atoms with Gasteiger partial charge < -0.3 is 5.32 Å². The van der Waals surface area contributed by atoms with Gasteiger partial charge in [-0.1, -0.05) is 33.6 Å². The zero-order valence-corrected chi connectivity index (χ0v) is 10.3. The highest BCUT2D eigenvalue weighted by molar-refractivity contribution is 7.99. The van der Waals surface area contributed by atoms with E-state index in [0.29, 0.717) is 0 Å². The Morgan fingerprint density at radius 2 is 1.85 bits per heavy atom. The van der Waals surface area contributed by atoms with Gasteiger partial charge in [-0.25, -0.2) is 0 Å². The summed E-state index contributed by atoms with van der Waals surface area (Å²) in [5, 5.41) is 4.27. The molecule has 80 valence electrons. The fourth-order valence-electron chi connectivity index (χ4n) is 1.09. The molecule has 0 aliphatic rings. The molecule has 0 spiro atoms. The Kier molecular flexibility index (Phi) is 10.6. The molecule has 0 saturated heterocycles. The summed E-state index contributed by atoms with van der Waals surface area (Å²) in [5.74, 6) is 1.33. The van der Waals surface area contributed by atoms with Crippen molar-refractivity contribution in [1.82, 2.24) is 5.32 Å². The van der Waals surface area contributed by atoms with Crippen LogP contribution >= 0.6 is 11.8 Å². The molecule has 0 heterocycles. The molecule has 1 nitrogen and oxygen atoms in total. The summed E-state index contributed by atoms with van der Waals surface area (Å²) in [4.78, 5) is 0. The first-order chi connectivity index (χ1) is 6.31. The minimum Gasteiger partial charge on any atom is -0.316 e. The lowest BCUT2D eigenvalue weighted by Gasteiger charge is -2.11. The smallest absolute Gasteiger partial charge is 0.0144 e. The Balaban J connectivity index is 3.05. The van der Waals surface area contributed by atoms with Crippen LogP contribution in [0, 0.1) is 0 Å². The average molecular weight is 203 g/mol. The number of nitrogens with one attached hydrogen (secondary N) is 1. The molecule has 0 rings (SSSR count). The molecule has 0 aliphatic heterocycles. The lowest BCUT2D eigenvalue weighted by atomic mass is 10.3. The van der Waals surface area contributed by atoms with Crippen molar-refractivity contribution in [2.75, 3.05) is 18.8 Å². The molecular formula is C11H25NS. The number of hydrogen-bond donors (Lipinski definition) is 1. The highest BCUT2D eigenvalue weighted by atomic mass is 32.2. The second-order valence-electron chi connectivity index (χ2n) is 3.59. The number of rotatable bonds is 9. The summed E-state index contributed by atoms with van der Waals surface area (Å²) < 4.78 is 0. The maximum Gasteiger partial charge on any atom is 0.0144 e. The van der Waals surface area contributed by atoms with Gasteiger partial charge in [0.2, 0.25) is 0 Å². The van der Waals surface area contributed by atoms with E-state index in [-0.39, 0.29) is 0 Å². The Labute approximate surface area is 88.1 Å². The van der Waals surface area contributed by atoms with Gasteiger partial charge in [0.1, 0.15) is 0 Å². The molecule has 2 heteroatoms. The normalized spacial score (nSPS) is 13.2. The Bertz CT molecular complexity index is 96.1. The maximum atomic E-state index is 3.49. The van der Waals surface area contributed by atoms with Crippen molar-refractivity contribution in [1.29, 1.82) is 0 Å². The molecule has 0 aromatic rings.